The second kappa shape index (κ2) is 11.3. The van der Waals surface area contributed by atoms with Gasteiger partial charge in [0.25, 0.3) is 0 Å². The predicted octanol–water partition coefficient (Wildman–Crippen LogP) is 6.45. The van der Waals surface area contributed by atoms with Gasteiger partial charge < -0.3 is 21.1 Å². The van der Waals surface area contributed by atoms with Crippen LogP contribution in [0.1, 0.15) is 53.0 Å². The molecule has 0 aliphatic heterocycles. The van der Waals surface area contributed by atoms with Crippen LogP contribution in [0.15, 0.2) is 36.4 Å². The number of nitrogens with two attached hydrogens (primary N) is 1. The van der Waals surface area contributed by atoms with E-state index >= 15 is 4.39 Å². The maximum atomic E-state index is 15.6. The lowest BCUT2D eigenvalue weighted by molar-refractivity contribution is 0.186. The molecule has 0 fully saturated rings. The second-order valence-corrected chi connectivity index (χ2v) is 10.4. The highest BCUT2D eigenvalue weighted by Crippen LogP contribution is 2.43. The predicted molar refractivity (Wildman–Crippen MR) is 142 cm³/mol. The standard InChI is InChI=1S/C26H36ClFN6O/c1-6-26(5,28)20-15-18(31-24-32-23(29)33-34-24)16-21(27)22(20)17-7-9-19(10-8-17)35-14-13-30-12-11-25(2,3)4/h7-10,15-16,30H,6,11-14H2,1-5H3,(H4,29,31,32,33,34). The minimum absolute atomic E-state index is 0.183. The Bertz CT molecular complexity index is 1110. The molecule has 5 N–H and O–H groups in total. The van der Waals surface area contributed by atoms with Crippen LogP contribution in [0, 0.1) is 5.41 Å². The molecule has 35 heavy (non-hydrogen) atoms. The second-order valence-electron chi connectivity index (χ2n) is 10.0. The number of nitrogens with zero attached hydrogens (tertiary/aromatic N) is 2. The van der Waals surface area contributed by atoms with Gasteiger partial charge in [-0.2, -0.15) is 4.98 Å². The summed E-state index contributed by atoms with van der Waals surface area (Å²) in [6.45, 7) is 12.4. The Hall–Kier alpha value is -2.84. The van der Waals surface area contributed by atoms with Crippen molar-refractivity contribution in [2.45, 2.75) is 53.1 Å². The van der Waals surface area contributed by atoms with Crippen molar-refractivity contribution < 1.29 is 9.13 Å². The Balaban J connectivity index is 1.75. The summed E-state index contributed by atoms with van der Waals surface area (Å²) in [5.41, 5.74) is 6.83. The lowest BCUT2D eigenvalue weighted by Crippen LogP contribution is -2.25. The smallest absolute Gasteiger partial charge is 0.248 e. The molecule has 1 heterocycles. The van der Waals surface area contributed by atoms with E-state index in [1.165, 1.54) is 0 Å². The number of ether oxygens (including phenoxy) is 1. The van der Waals surface area contributed by atoms with Crippen molar-refractivity contribution in [1.82, 2.24) is 20.5 Å². The van der Waals surface area contributed by atoms with E-state index in [1.54, 1.807) is 26.0 Å². The minimum atomic E-state index is -1.59. The number of nitrogens with one attached hydrogen (secondary N) is 3. The average Bonchev–Trinajstić information content (AvgIpc) is 3.20. The Kier molecular flexibility index (Phi) is 8.61. The van der Waals surface area contributed by atoms with Crippen LogP contribution in [0.25, 0.3) is 11.1 Å². The van der Waals surface area contributed by atoms with Gasteiger partial charge in [0.2, 0.25) is 11.9 Å². The van der Waals surface area contributed by atoms with Crippen molar-refractivity contribution in [1.29, 1.82) is 0 Å². The molecular weight excluding hydrogens is 467 g/mol. The molecule has 0 spiro atoms. The molecule has 3 rings (SSSR count). The van der Waals surface area contributed by atoms with Crippen LogP contribution in [0.3, 0.4) is 0 Å². The number of aromatic nitrogens is 3. The molecule has 7 nitrogen and oxygen atoms in total. The Morgan fingerprint density at radius 3 is 2.43 bits per heavy atom. The van der Waals surface area contributed by atoms with Crippen LogP contribution >= 0.6 is 11.6 Å². The van der Waals surface area contributed by atoms with Crippen molar-refractivity contribution in [2.24, 2.45) is 5.41 Å². The lowest BCUT2D eigenvalue weighted by Gasteiger charge is -2.24. The van der Waals surface area contributed by atoms with Crippen LogP contribution in [0.2, 0.25) is 5.02 Å². The van der Waals surface area contributed by atoms with Crippen LogP contribution in [-0.2, 0) is 5.67 Å². The van der Waals surface area contributed by atoms with Gasteiger partial charge in [0.15, 0.2) is 0 Å². The first kappa shape index (κ1) is 26.8. The summed E-state index contributed by atoms with van der Waals surface area (Å²) in [5.74, 6) is 1.22. The SMILES string of the molecule is CCC(C)(F)c1cc(Nc2n[nH]c(N)n2)cc(Cl)c1-c1ccc(OCCNCCC(C)(C)C)cc1. The number of benzene rings is 2. The Morgan fingerprint density at radius 1 is 1.11 bits per heavy atom. The van der Waals surface area contributed by atoms with Gasteiger partial charge in [-0.15, -0.1) is 5.10 Å². The summed E-state index contributed by atoms with van der Waals surface area (Å²) in [5, 5.41) is 13.4. The van der Waals surface area contributed by atoms with Gasteiger partial charge in [-0.1, -0.05) is 51.4 Å². The molecule has 0 saturated heterocycles. The molecule has 9 heteroatoms. The number of hydrogen-bond acceptors (Lipinski definition) is 6. The third kappa shape index (κ3) is 7.57. The molecule has 0 radical (unpaired) electrons. The normalized spacial score (nSPS) is 13.5. The van der Waals surface area contributed by atoms with E-state index in [-0.39, 0.29) is 18.3 Å². The number of anilines is 3. The first-order chi connectivity index (χ1) is 16.5. The maximum Gasteiger partial charge on any atom is 0.248 e. The highest BCUT2D eigenvalue weighted by atomic mass is 35.5. The molecule has 3 aromatic rings. The molecule has 0 bridgehead atoms. The Labute approximate surface area is 212 Å². The number of H-pyrrole nitrogens is 1. The molecule has 2 aromatic carbocycles. The van der Waals surface area contributed by atoms with Crippen molar-refractivity contribution in [2.75, 3.05) is 30.7 Å². The number of alkyl halides is 1. The largest absolute Gasteiger partial charge is 0.492 e. The van der Waals surface area contributed by atoms with Gasteiger partial charge in [0, 0.05) is 23.4 Å². The molecule has 0 saturated carbocycles. The van der Waals surface area contributed by atoms with Crippen molar-refractivity contribution >= 4 is 29.2 Å². The quantitative estimate of drug-likeness (QED) is 0.225. The van der Waals surface area contributed by atoms with Gasteiger partial charge >= 0.3 is 0 Å². The molecule has 0 aliphatic carbocycles. The van der Waals surface area contributed by atoms with E-state index in [4.69, 9.17) is 22.1 Å². The van der Waals surface area contributed by atoms with Gasteiger partial charge in [-0.3, -0.25) is 0 Å². The zero-order valence-electron chi connectivity index (χ0n) is 21.1. The molecule has 0 amide bonds. The summed E-state index contributed by atoms with van der Waals surface area (Å²) in [4.78, 5) is 4.03. The molecule has 1 aromatic heterocycles. The zero-order chi connectivity index (χ0) is 25.6. The first-order valence-electron chi connectivity index (χ1n) is 11.9. The first-order valence-corrected chi connectivity index (χ1v) is 12.3. The maximum absolute atomic E-state index is 15.6. The van der Waals surface area contributed by atoms with Crippen LogP contribution in [0.4, 0.5) is 22.0 Å². The number of nitrogen functional groups attached to an aromatic ring is 1. The van der Waals surface area contributed by atoms with Gasteiger partial charge in [0.1, 0.15) is 18.0 Å². The lowest BCUT2D eigenvalue weighted by atomic mass is 9.87. The highest BCUT2D eigenvalue weighted by Gasteiger charge is 2.29. The topological polar surface area (TPSA) is 101 Å². The van der Waals surface area contributed by atoms with Gasteiger partial charge in [-0.25, -0.2) is 9.49 Å². The highest BCUT2D eigenvalue weighted by molar-refractivity contribution is 6.34. The van der Waals surface area contributed by atoms with Crippen LogP contribution < -0.4 is 21.1 Å². The minimum Gasteiger partial charge on any atom is -0.492 e. The van der Waals surface area contributed by atoms with E-state index in [0.29, 0.717) is 33.9 Å². The molecule has 190 valence electrons. The number of rotatable bonds is 11. The van der Waals surface area contributed by atoms with E-state index in [0.717, 1.165) is 30.8 Å². The summed E-state index contributed by atoms with van der Waals surface area (Å²) < 4.78 is 21.5. The summed E-state index contributed by atoms with van der Waals surface area (Å²) in [6.07, 6.45) is 1.40. The van der Waals surface area contributed by atoms with Crippen molar-refractivity contribution in [3.8, 4) is 16.9 Å². The molecule has 1 atom stereocenters. The van der Waals surface area contributed by atoms with Crippen LogP contribution in [-0.4, -0.2) is 34.9 Å². The van der Waals surface area contributed by atoms with Gasteiger partial charge in [0.05, 0.1) is 5.02 Å². The number of halogens is 2. The summed E-state index contributed by atoms with van der Waals surface area (Å²) in [6, 6.07) is 11.0. The number of hydrogen-bond donors (Lipinski definition) is 4. The Morgan fingerprint density at radius 2 is 1.83 bits per heavy atom. The van der Waals surface area contributed by atoms with E-state index < -0.39 is 5.67 Å². The van der Waals surface area contributed by atoms with E-state index in [9.17, 15) is 0 Å². The monoisotopic (exact) mass is 502 g/mol. The third-order valence-electron chi connectivity index (χ3n) is 5.82. The average molecular weight is 503 g/mol. The fraction of sp³-hybridized carbons (Fsp3) is 0.462. The van der Waals surface area contributed by atoms with E-state index in [1.807, 2.05) is 24.3 Å². The molecule has 0 aliphatic rings. The molecule has 1 unspecified atom stereocenters. The third-order valence-corrected chi connectivity index (χ3v) is 6.12. The van der Waals surface area contributed by atoms with E-state index in [2.05, 4.69) is 46.6 Å². The van der Waals surface area contributed by atoms with Gasteiger partial charge in [-0.05, 0) is 61.6 Å². The molecular formula is C26H36ClFN6O. The fourth-order valence-electron chi connectivity index (χ4n) is 3.58. The van der Waals surface area contributed by atoms with Crippen molar-refractivity contribution in [3.63, 3.8) is 0 Å². The fourth-order valence-corrected chi connectivity index (χ4v) is 3.91. The van der Waals surface area contributed by atoms with Crippen molar-refractivity contribution in [3.05, 3.63) is 47.0 Å². The number of aromatic amines is 1. The zero-order valence-corrected chi connectivity index (χ0v) is 21.9. The summed E-state index contributed by atoms with van der Waals surface area (Å²) in [7, 11) is 0. The summed E-state index contributed by atoms with van der Waals surface area (Å²) >= 11 is 6.69. The van der Waals surface area contributed by atoms with Crippen LogP contribution in [0.5, 0.6) is 5.75 Å².